The molecule has 1 aliphatic carbocycles. The molecule has 0 spiro atoms. The lowest BCUT2D eigenvalue weighted by Gasteiger charge is -2.38. The quantitative estimate of drug-likeness (QED) is 0.684. The van der Waals surface area contributed by atoms with Crippen LogP contribution in [0.15, 0.2) is 0 Å². The summed E-state index contributed by atoms with van der Waals surface area (Å²) in [6.07, 6.45) is 3.91. The lowest BCUT2D eigenvalue weighted by molar-refractivity contribution is -0.141. The standard InChI is InChI=1S/C15H27N3O3/c1-2-17(8-9-19)14(20)10-13-15(21)18(7-6-16-13)11-12-4-3-5-12/h12-13,16,19H,2-11H2,1H3. The highest BCUT2D eigenvalue weighted by atomic mass is 16.3. The highest BCUT2D eigenvalue weighted by molar-refractivity contribution is 5.89. The van der Waals surface area contributed by atoms with Crippen molar-refractivity contribution in [3.05, 3.63) is 0 Å². The van der Waals surface area contributed by atoms with Crippen LogP contribution in [-0.4, -0.2) is 72.1 Å². The van der Waals surface area contributed by atoms with Gasteiger partial charge in [-0.15, -0.1) is 0 Å². The lowest BCUT2D eigenvalue weighted by Crippen LogP contribution is -2.57. The summed E-state index contributed by atoms with van der Waals surface area (Å²) in [6, 6.07) is -0.404. The molecule has 2 amide bonds. The van der Waals surface area contributed by atoms with Crippen molar-refractivity contribution in [1.82, 2.24) is 15.1 Å². The fraction of sp³-hybridized carbons (Fsp3) is 0.867. The third-order valence-electron chi connectivity index (χ3n) is 4.57. The molecule has 0 radical (unpaired) electrons. The minimum atomic E-state index is -0.404. The number of likely N-dealkylation sites (N-methyl/N-ethyl adjacent to an activating group) is 1. The molecule has 21 heavy (non-hydrogen) atoms. The summed E-state index contributed by atoms with van der Waals surface area (Å²) in [6.45, 7) is 5.08. The fourth-order valence-corrected chi connectivity index (χ4v) is 3.00. The van der Waals surface area contributed by atoms with Crippen molar-refractivity contribution in [2.45, 2.75) is 38.6 Å². The van der Waals surface area contributed by atoms with E-state index in [9.17, 15) is 9.59 Å². The molecule has 1 saturated heterocycles. The summed E-state index contributed by atoms with van der Waals surface area (Å²) in [5.41, 5.74) is 0. The Balaban J connectivity index is 1.86. The molecule has 1 unspecified atom stereocenters. The number of rotatable bonds is 7. The van der Waals surface area contributed by atoms with Gasteiger partial charge in [-0.1, -0.05) is 6.42 Å². The number of carbonyl (C=O) groups is 2. The maximum atomic E-state index is 12.4. The van der Waals surface area contributed by atoms with Crippen LogP contribution in [0.4, 0.5) is 0 Å². The van der Waals surface area contributed by atoms with Gasteiger partial charge in [-0.3, -0.25) is 9.59 Å². The van der Waals surface area contributed by atoms with E-state index < -0.39 is 6.04 Å². The number of amides is 2. The van der Waals surface area contributed by atoms with Crippen LogP contribution in [0.1, 0.15) is 32.6 Å². The number of aliphatic hydroxyl groups is 1. The number of nitrogens with one attached hydrogen (secondary N) is 1. The minimum Gasteiger partial charge on any atom is -0.395 e. The van der Waals surface area contributed by atoms with Crippen molar-refractivity contribution in [2.24, 2.45) is 5.92 Å². The van der Waals surface area contributed by atoms with Gasteiger partial charge in [-0.25, -0.2) is 0 Å². The first-order valence-electron chi connectivity index (χ1n) is 8.06. The maximum absolute atomic E-state index is 12.4. The van der Waals surface area contributed by atoms with Gasteiger partial charge in [0.05, 0.1) is 19.1 Å². The largest absolute Gasteiger partial charge is 0.395 e. The Morgan fingerprint density at radius 3 is 2.81 bits per heavy atom. The van der Waals surface area contributed by atoms with Crippen LogP contribution in [0.5, 0.6) is 0 Å². The van der Waals surface area contributed by atoms with Gasteiger partial charge in [0.15, 0.2) is 0 Å². The van der Waals surface area contributed by atoms with Crippen molar-refractivity contribution >= 4 is 11.8 Å². The molecule has 0 bridgehead atoms. The van der Waals surface area contributed by atoms with E-state index >= 15 is 0 Å². The normalized spacial score (nSPS) is 23.0. The number of carbonyl (C=O) groups excluding carboxylic acids is 2. The summed E-state index contributed by atoms with van der Waals surface area (Å²) in [4.78, 5) is 28.1. The first-order chi connectivity index (χ1) is 10.2. The van der Waals surface area contributed by atoms with E-state index in [0.29, 0.717) is 19.0 Å². The molecule has 2 fully saturated rings. The van der Waals surface area contributed by atoms with Gasteiger partial charge in [0.2, 0.25) is 11.8 Å². The summed E-state index contributed by atoms with van der Waals surface area (Å²) in [7, 11) is 0. The summed E-state index contributed by atoms with van der Waals surface area (Å²) >= 11 is 0. The number of hydrogen-bond donors (Lipinski definition) is 2. The molecule has 0 aromatic carbocycles. The number of hydrogen-bond acceptors (Lipinski definition) is 4. The molecule has 6 heteroatoms. The molecule has 6 nitrogen and oxygen atoms in total. The molecule has 0 aromatic rings. The average Bonchev–Trinajstić information content (AvgIpc) is 2.43. The second-order valence-electron chi connectivity index (χ2n) is 5.99. The van der Waals surface area contributed by atoms with Crippen LogP contribution in [0, 0.1) is 5.92 Å². The number of piperazine rings is 1. The monoisotopic (exact) mass is 297 g/mol. The van der Waals surface area contributed by atoms with Gasteiger partial charge in [-0.2, -0.15) is 0 Å². The van der Waals surface area contributed by atoms with E-state index in [4.69, 9.17) is 5.11 Å². The minimum absolute atomic E-state index is 0.0422. The molecule has 120 valence electrons. The van der Waals surface area contributed by atoms with Crippen molar-refractivity contribution in [1.29, 1.82) is 0 Å². The molecule has 1 saturated carbocycles. The molecule has 0 aromatic heterocycles. The van der Waals surface area contributed by atoms with Crippen LogP contribution in [0.3, 0.4) is 0 Å². The van der Waals surface area contributed by atoms with Gasteiger partial charge >= 0.3 is 0 Å². The van der Waals surface area contributed by atoms with E-state index in [1.165, 1.54) is 19.3 Å². The molecule has 2 aliphatic rings. The third-order valence-corrected chi connectivity index (χ3v) is 4.57. The molecule has 1 heterocycles. The van der Waals surface area contributed by atoms with Crippen LogP contribution in [0.25, 0.3) is 0 Å². The Labute approximate surface area is 126 Å². The number of nitrogens with zero attached hydrogens (tertiary/aromatic N) is 2. The second-order valence-corrected chi connectivity index (χ2v) is 5.99. The van der Waals surface area contributed by atoms with E-state index in [1.807, 2.05) is 11.8 Å². The Morgan fingerprint density at radius 1 is 1.48 bits per heavy atom. The summed E-state index contributed by atoms with van der Waals surface area (Å²) in [5.74, 6) is 0.648. The molecule has 1 aliphatic heterocycles. The molecule has 2 rings (SSSR count). The van der Waals surface area contributed by atoms with Gasteiger partial charge in [-0.05, 0) is 25.7 Å². The molecule has 2 N–H and O–H groups in total. The van der Waals surface area contributed by atoms with Crippen molar-refractivity contribution in [3.8, 4) is 0 Å². The summed E-state index contributed by atoms with van der Waals surface area (Å²) in [5, 5.41) is 12.1. The average molecular weight is 297 g/mol. The Hall–Kier alpha value is -1.14. The fourth-order valence-electron chi connectivity index (χ4n) is 3.00. The first kappa shape index (κ1) is 16.2. The van der Waals surface area contributed by atoms with Gasteiger partial charge < -0.3 is 20.2 Å². The molecular weight excluding hydrogens is 270 g/mol. The summed E-state index contributed by atoms with van der Waals surface area (Å²) < 4.78 is 0. The van der Waals surface area contributed by atoms with Crippen LogP contribution in [-0.2, 0) is 9.59 Å². The van der Waals surface area contributed by atoms with Crippen molar-refractivity contribution in [3.63, 3.8) is 0 Å². The van der Waals surface area contributed by atoms with E-state index in [2.05, 4.69) is 5.32 Å². The lowest BCUT2D eigenvalue weighted by atomic mass is 9.85. The van der Waals surface area contributed by atoms with Crippen LogP contribution < -0.4 is 5.32 Å². The van der Waals surface area contributed by atoms with Crippen molar-refractivity contribution < 1.29 is 14.7 Å². The third kappa shape index (κ3) is 4.17. The Morgan fingerprint density at radius 2 is 2.24 bits per heavy atom. The highest BCUT2D eigenvalue weighted by Crippen LogP contribution is 2.27. The SMILES string of the molecule is CCN(CCO)C(=O)CC1NCCN(CC2CCC2)C1=O. The molecule has 1 atom stereocenters. The van der Waals surface area contributed by atoms with Crippen LogP contribution >= 0.6 is 0 Å². The predicted molar refractivity (Wildman–Crippen MR) is 79.7 cm³/mol. The van der Waals surface area contributed by atoms with Crippen LogP contribution in [0.2, 0.25) is 0 Å². The van der Waals surface area contributed by atoms with Crippen molar-refractivity contribution in [2.75, 3.05) is 39.3 Å². The maximum Gasteiger partial charge on any atom is 0.240 e. The van der Waals surface area contributed by atoms with E-state index in [0.717, 1.165) is 19.6 Å². The Kier molecular flexibility index (Phi) is 5.99. The van der Waals surface area contributed by atoms with E-state index in [-0.39, 0.29) is 24.8 Å². The van der Waals surface area contributed by atoms with Gasteiger partial charge in [0, 0.05) is 32.7 Å². The molecular formula is C15H27N3O3. The zero-order chi connectivity index (χ0) is 15.2. The topological polar surface area (TPSA) is 72.9 Å². The number of aliphatic hydroxyl groups excluding tert-OH is 1. The first-order valence-corrected chi connectivity index (χ1v) is 8.06. The van der Waals surface area contributed by atoms with Gasteiger partial charge in [0.1, 0.15) is 0 Å². The zero-order valence-corrected chi connectivity index (χ0v) is 12.9. The Bertz CT molecular complexity index is 371. The van der Waals surface area contributed by atoms with E-state index in [1.54, 1.807) is 4.90 Å². The predicted octanol–water partition coefficient (Wildman–Crippen LogP) is -0.182. The zero-order valence-electron chi connectivity index (χ0n) is 12.9. The highest BCUT2D eigenvalue weighted by Gasteiger charge is 2.33. The van der Waals surface area contributed by atoms with Gasteiger partial charge in [0.25, 0.3) is 0 Å². The smallest absolute Gasteiger partial charge is 0.240 e. The second kappa shape index (κ2) is 7.75.